The molecule has 104 valence electrons. The molecular formula is C11H16N4O4. The van der Waals surface area contributed by atoms with Gasteiger partial charge in [0.15, 0.2) is 5.69 Å². The summed E-state index contributed by atoms with van der Waals surface area (Å²) in [4.78, 5) is 23.6. The van der Waals surface area contributed by atoms with E-state index in [9.17, 15) is 14.9 Å². The number of rotatable bonds is 5. The van der Waals surface area contributed by atoms with Gasteiger partial charge in [-0.05, 0) is 13.0 Å². The van der Waals surface area contributed by atoms with Gasteiger partial charge in [-0.2, -0.15) is 5.10 Å². The maximum Gasteiger partial charge on any atom is 0.358 e. The summed E-state index contributed by atoms with van der Waals surface area (Å²) in [6, 6.07) is 1.69. The number of fused-ring (bicyclic) bond motifs is 1. The van der Waals surface area contributed by atoms with Crippen LogP contribution in [-0.4, -0.2) is 51.8 Å². The maximum atomic E-state index is 11.6. The molecule has 0 saturated heterocycles. The first-order chi connectivity index (χ1) is 9.10. The van der Waals surface area contributed by atoms with Crippen molar-refractivity contribution < 1.29 is 14.5 Å². The number of ether oxygens (including phenoxy) is 1. The number of hydrogen-bond acceptors (Lipinski definition) is 6. The molecular weight excluding hydrogens is 252 g/mol. The molecule has 0 amide bonds. The first-order valence-corrected chi connectivity index (χ1v) is 6.18. The fourth-order valence-corrected chi connectivity index (χ4v) is 2.04. The molecule has 0 bridgehead atoms. The number of nitro groups is 1. The molecule has 8 nitrogen and oxygen atoms in total. The van der Waals surface area contributed by atoms with Gasteiger partial charge in [-0.25, -0.2) is 4.79 Å². The summed E-state index contributed by atoms with van der Waals surface area (Å²) in [5, 5.41) is 14.5. The molecule has 0 atom stereocenters. The topological polar surface area (TPSA) is 90.5 Å². The van der Waals surface area contributed by atoms with Crippen molar-refractivity contribution in [3.05, 3.63) is 27.6 Å². The Morgan fingerprint density at radius 1 is 1.58 bits per heavy atom. The molecule has 0 aromatic carbocycles. The Morgan fingerprint density at radius 2 is 2.37 bits per heavy atom. The minimum atomic E-state index is -0.429. The Balaban J connectivity index is 2.00. The Morgan fingerprint density at radius 3 is 3.05 bits per heavy atom. The Labute approximate surface area is 110 Å². The predicted molar refractivity (Wildman–Crippen MR) is 65.3 cm³/mol. The summed E-state index contributed by atoms with van der Waals surface area (Å²) < 4.78 is 6.65. The molecule has 19 heavy (non-hydrogen) atoms. The molecule has 2 heterocycles. The first-order valence-electron chi connectivity index (χ1n) is 6.18. The van der Waals surface area contributed by atoms with Gasteiger partial charge in [-0.15, -0.1) is 0 Å². The largest absolute Gasteiger partial charge is 0.461 e. The maximum absolute atomic E-state index is 11.6. The zero-order chi connectivity index (χ0) is 13.8. The summed E-state index contributed by atoms with van der Waals surface area (Å²) in [6.07, 6.45) is 0. The van der Waals surface area contributed by atoms with Gasteiger partial charge in [-0.1, -0.05) is 0 Å². The van der Waals surface area contributed by atoms with Gasteiger partial charge in [0, 0.05) is 18.0 Å². The number of hydrogen-bond donors (Lipinski definition) is 0. The quantitative estimate of drug-likeness (QED) is 0.429. The standard InChI is InChI=1S/C11H16N4O4/c1-2-19-11(16)10-7-9-8-13(4-6-15(17)18)3-5-14(9)12-10/h7H,2-6,8H2,1H3. The SMILES string of the molecule is CCOC(=O)c1cc2n(n1)CCN(CC[N+](=O)[O-])C2. The van der Waals surface area contributed by atoms with Crippen molar-refractivity contribution in [2.75, 3.05) is 26.2 Å². The van der Waals surface area contributed by atoms with Crippen LogP contribution < -0.4 is 0 Å². The molecule has 0 saturated carbocycles. The van der Waals surface area contributed by atoms with Gasteiger partial charge in [0.25, 0.3) is 0 Å². The van der Waals surface area contributed by atoms with Crippen LogP contribution in [0.2, 0.25) is 0 Å². The number of esters is 1. The fourth-order valence-electron chi connectivity index (χ4n) is 2.04. The van der Waals surface area contributed by atoms with Crippen LogP contribution in [0.1, 0.15) is 23.1 Å². The van der Waals surface area contributed by atoms with Crippen molar-refractivity contribution in [3.8, 4) is 0 Å². The van der Waals surface area contributed by atoms with E-state index in [0.29, 0.717) is 38.5 Å². The third-order valence-corrected chi connectivity index (χ3v) is 2.96. The van der Waals surface area contributed by atoms with Crippen molar-refractivity contribution in [1.82, 2.24) is 14.7 Å². The lowest BCUT2D eigenvalue weighted by atomic mass is 10.3. The highest BCUT2D eigenvalue weighted by molar-refractivity contribution is 5.87. The van der Waals surface area contributed by atoms with Gasteiger partial charge in [0.1, 0.15) is 0 Å². The van der Waals surface area contributed by atoms with E-state index in [1.807, 2.05) is 4.90 Å². The summed E-state index contributed by atoms with van der Waals surface area (Å²) in [6.45, 7) is 4.30. The van der Waals surface area contributed by atoms with Crippen LogP contribution in [0.4, 0.5) is 0 Å². The van der Waals surface area contributed by atoms with E-state index in [1.54, 1.807) is 17.7 Å². The first kappa shape index (κ1) is 13.5. The van der Waals surface area contributed by atoms with Crippen molar-refractivity contribution >= 4 is 5.97 Å². The molecule has 0 unspecified atom stereocenters. The smallest absolute Gasteiger partial charge is 0.358 e. The average Bonchev–Trinajstić information content (AvgIpc) is 2.79. The van der Waals surface area contributed by atoms with E-state index >= 15 is 0 Å². The second-order valence-corrected chi connectivity index (χ2v) is 4.30. The lowest BCUT2D eigenvalue weighted by Gasteiger charge is -2.25. The van der Waals surface area contributed by atoms with Crippen molar-refractivity contribution in [2.24, 2.45) is 0 Å². The van der Waals surface area contributed by atoms with Crippen molar-refractivity contribution in [2.45, 2.75) is 20.0 Å². The van der Waals surface area contributed by atoms with Crippen LogP contribution >= 0.6 is 0 Å². The minimum absolute atomic E-state index is 0.0706. The number of carbonyl (C=O) groups excluding carboxylic acids is 1. The van der Waals surface area contributed by atoms with Gasteiger partial charge < -0.3 is 4.74 Å². The normalized spacial score (nSPS) is 15.0. The molecule has 2 rings (SSSR count). The van der Waals surface area contributed by atoms with Crippen LogP contribution in [-0.2, 0) is 17.8 Å². The zero-order valence-corrected chi connectivity index (χ0v) is 10.7. The minimum Gasteiger partial charge on any atom is -0.461 e. The van der Waals surface area contributed by atoms with E-state index in [-0.39, 0.29) is 11.5 Å². The van der Waals surface area contributed by atoms with E-state index in [1.165, 1.54) is 0 Å². The molecule has 0 spiro atoms. The number of aromatic nitrogens is 2. The highest BCUT2D eigenvalue weighted by Crippen LogP contribution is 2.14. The van der Waals surface area contributed by atoms with E-state index < -0.39 is 5.97 Å². The highest BCUT2D eigenvalue weighted by Gasteiger charge is 2.22. The third kappa shape index (κ3) is 3.28. The van der Waals surface area contributed by atoms with Crippen LogP contribution in [0.3, 0.4) is 0 Å². The molecule has 0 fully saturated rings. The van der Waals surface area contributed by atoms with Gasteiger partial charge >= 0.3 is 5.97 Å². The Bertz CT molecular complexity index is 485. The summed E-state index contributed by atoms with van der Waals surface area (Å²) in [5.41, 5.74) is 1.19. The fraction of sp³-hybridized carbons (Fsp3) is 0.636. The van der Waals surface area contributed by atoms with Crippen molar-refractivity contribution in [1.29, 1.82) is 0 Å². The van der Waals surface area contributed by atoms with E-state index in [0.717, 1.165) is 5.69 Å². The highest BCUT2D eigenvalue weighted by atomic mass is 16.6. The van der Waals surface area contributed by atoms with Crippen LogP contribution in [0.5, 0.6) is 0 Å². The van der Waals surface area contributed by atoms with Crippen molar-refractivity contribution in [3.63, 3.8) is 0 Å². The zero-order valence-electron chi connectivity index (χ0n) is 10.7. The molecule has 1 aromatic heterocycles. The summed E-state index contributed by atoms with van der Waals surface area (Å²) >= 11 is 0. The molecule has 8 heteroatoms. The van der Waals surface area contributed by atoms with Crippen LogP contribution in [0.25, 0.3) is 0 Å². The molecule has 1 aromatic rings. The number of nitrogens with zero attached hydrogens (tertiary/aromatic N) is 4. The van der Waals surface area contributed by atoms with E-state index in [4.69, 9.17) is 4.74 Å². The van der Waals surface area contributed by atoms with Crippen LogP contribution in [0, 0.1) is 10.1 Å². The second kappa shape index (κ2) is 5.79. The lowest BCUT2D eigenvalue weighted by molar-refractivity contribution is -0.480. The van der Waals surface area contributed by atoms with Gasteiger partial charge in [0.2, 0.25) is 6.54 Å². The monoisotopic (exact) mass is 268 g/mol. The Kier molecular flexibility index (Phi) is 4.10. The second-order valence-electron chi connectivity index (χ2n) is 4.30. The van der Waals surface area contributed by atoms with Crippen LogP contribution in [0.15, 0.2) is 6.07 Å². The van der Waals surface area contributed by atoms with E-state index in [2.05, 4.69) is 5.10 Å². The molecule has 0 N–H and O–H groups in total. The molecule has 0 radical (unpaired) electrons. The predicted octanol–water partition coefficient (Wildman–Crippen LogP) is 0.152. The van der Waals surface area contributed by atoms with Gasteiger partial charge in [-0.3, -0.25) is 19.7 Å². The average molecular weight is 268 g/mol. The molecule has 1 aliphatic rings. The molecule has 0 aliphatic carbocycles. The lowest BCUT2D eigenvalue weighted by Crippen LogP contribution is -2.36. The third-order valence-electron chi connectivity index (χ3n) is 2.96. The summed E-state index contributed by atoms with van der Waals surface area (Å²) in [7, 11) is 0. The Hall–Kier alpha value is -1.96. The number of carbonyl (C=O) groups is 1. The van der Waals surface area contributed by atoms with Gasteiger partial charge in [0.05, 0.1) is 25.4 Å². The molecule has 1 aliphatic heterocycles. The summed E-state index contributed by atoms with van der Waals surface area (Å²) in [5.74, 6) is -0.429.